The van der Waals surface area contributed by atoms with Gasteiger partial charge in [-0.1, -0.05) is 33.1 Å². The Morgan fingerprint density at radius 2 is 2.00 bits per heavy atom. The molecule has 0 radical (unpaired) electrons. The Morgan fingerprint density at radius 1 is 1.18 bits per heavy atom. The Labute approximate surface area is 109 Å². The highest BCUT2D eigenvalue weighted by Gasteiger charge is 2.03. The summed E-state index contributed by atoms with van der Waals surface area (Å²) >= 11 is 5.87. The van der Waals surface area contributed by atoms with Gasteiger partial charge in [0.15, 0.2) is 0 Å². The van der Waals surface area contributed by atoms with E-state index in [1.165, 1.54) is 12.8 Å². The van der Waals surface area contributed by atoms with Crippen LogP contribution in [0.25, 0.3) is 0 Å². The quantitative estimate of drug-likeness (QED) is 0.509. The highest BCUT2D eigenvalue weighted by atomic mass is 35.5. The Morgan fingerprint density at radius 3 is 2.65 bits per heavy atom. The molecule has 0 aromatic carbocycles. The lowest BCUT2D eigenvalue weighted by molar-refractivity contribution is 0.294. The third-order valence-electron chi connectivity index (χ3n) is 2.57. The maximum absolute atomic E-state index is 5.87. The molecule has 0 saturated carbocycles. The Kier molecular flexibility index (Phi) is 7.02. The highest BCUT2D eigenvalue weighted by molar-refractivity contribution is 6.17. The molecule has 3 heteroatoms. The summed E-state index contributed by atoms with van der Waals surface area (Å²) in [4.78, 5) is 4.49. The van der Waals surface area contributed by atoms with E-state index < -0.39 is 0 Å². The Hall–Kier alpha value is -0.760. The largest absolute Gasteiger partial charge is 0.478 e. The minimum absolute atomic E-state index is 0.518. The smallest absolute Gasteiger partial charge is 0.213 e. The predicted molar refractivity (Wildman–Crippen MR) is 72.8 cm³/mol. The lowest BCUT2D eigenvalue weighted by Crippen LogP contribution is -2.02. The van der Waals surface area contributed by atoms with E-state index in [-0.39, 0.29) is 0 Å². The van der Waals surface area contributed by atoms with Crippen molar-refractivity contribution >= 4 is 11.6 Å². The fourth-order valence-electron chi connectivity index (χ4n) is 1.68. The van der Waals surface area contributed by atoms with Crippen molar-refractivity contribution in [3.63, 3.8) is 0 Å². The van der Waals surface area contributed by atoms with Crippen LogP contribution < -0.4 is 4.74 Å². The first kappa shape index (κ1) is 14.3. The zero-order valence-corrected chi connectivity index (χ0v) is 11.6. The number of ether oxygens (including phenoxy) is 1. The molecule has 0 bridgehead atoms. The number of hydrogen-bond donors (Lipinski definition) is 0. The summed E-state index contributed by atoms with van der Waals surface area (Å²) in [5.74, 6) is 1.24. The fourth-order valence-corrected chi connectivity index (χ4v) is 1.84. The summed E-state index contributed by atoms with van der Waals surface area (Å²) < 4.78 is 5.67. The van der Waals surface area contributed by atoms with E-state index in [1.54, 1.807) is 0 Å². The summed E-state index contributed by atoms with van der Waals surface area (Å²) in [5, 5.41) is 0. The number of halogens is 1. The van der Waals surface area contributed by atoms with Gasteiger partial charge in [0, 0.05) is 17.6 Å². The number of aryl methyl sites for hydroxylation is 1. The molecule has 1 rings (SSSR count). The first-order valence-corrected chi connectivity index (χ1v) is 7.02. The maximum Gasteiger partial charge on any atom is 0.213 e. The van der Waals surface area contributed by atoms with Gasteiger partial charge < -0.3 is 4.74 Å². The third-order valence-corrected chi connectivity index (χ3v) is 2.88. The van der Waals surface area contributed by atoms with Crippen molar-refractivity contribution in [2.45, 2.75) is 51.8 Å². The molecule has 2 nitrogen and oxygen atoms in total. The Balaban J connectivity index is 2.59. The molecule has 0 atom stereocenters. The van der Waals surface area contributed by atoms with Gasteiger partial charge in [-0.25, -0.2) is 4.98 Å². The fraction of sp³-hybridized carbons (Fsp3) is 0.643. The number of rotatable bonds is 8. The normalized spacial score (nSPS) is 10.5. The SMILES string of the molecule is CCCCCOc1cc(CCl)cc(CCC)n1. The van der Waals surface area contributed by atoms with Crippen molar-refractivity contribution in [3.8, 4) is 5.88 Å². The standard InChI is InChI=1S/C14H22ClNO/c1-3-5-6-8-17-14-10-12(11-15)9-13(16-14)7-4-2/h9-10H,3-8,11H2,1-2H3. The number of alkyl halides is 1. The lowest BCUT2D eigenvalue weighted by Gasteiger charge is -2.08. The van der Waals surface area contributed by atoms with Gasteiger partial charge in [0.2, 0.25) is 5.88 Å². The van der Waals surface area contributed by atoms with Gasteiger partial charge in [-0.2, -0.15) is 0 Å². The molecule has 0 saturated heterocycles. The summed E-state index contributed by atoms with van der Waals surface area (Å²) in [5.41, 5.74) is 2.17. The van der Waals surface area contributed by atoms with Crippen molar-refractivity contribution in [2.75, 3.05) is 6.61 Å². The van der Waals surface area contributed by atoms with Crippen molar-refractivity contribution < 1.29 is 4.74 Å². The van der Waals surface area contributed by atoms with Crippen molar-refractivity contribution in [3.05, 3.63) is 23.4 Å². The molecule has 0 spiro atoms. The van der Waals surface area contributed by atoms with Gasteiger partial charge in [0.05, 0.1) is 6.61 Å². The van der Waals surface area contributed by atoms with E-state index in [0.717, 1.165) is 43.0 Å². The van der Waals surface area contributed by atoms with Crippen LogP contribution in [0.5, 0.6) is 5.88 Å². The molecule has 1 aromatic heterocycles. The second-order valence-electron chi connectivity index (χ2n) is 4.24. The minimum atomic E-state index is 0.518. The van der Waals surface area contributed by atoms with Crippen LogP contribution in [0.4, 0.5) is 0 Å². The van der Waals surface area contributed by atoms with E-state index in [4.69, 9.17) is 16.3 Å². The van der Waals surface area contributed by atoms with Crippen LogP contribution in [0.2, 0.25) is 0 Å². The molecular weight excluding hydrogens is 234 g/mol. The molecule has 1 heterocycles. The third kappa shape index (κ3) is 5.40. The number of pyridine rings is 1. The average Bonchev–Trinajstić information content (AvgIpc) is 2.35. The van der Waals surface area contributed by atoms with Crippen LogP contribution in [0.1, 0.15) is 50.8 Å². The molecule has 0 aliphatic carbocycles. The van der Waals surface area contributed by atoms with Crippen LogP contribution in [0, 0.1) is 0 Å². The molecule has 0 aliphatic heterocycles. The van der Waals surface area contributed by atoms with E-state index in [9.17, 15) is 0 Å². The monoisotopic (exact) mass is 255 g/mol. The van der Waals surface area contributed by atoms with Gasteiger partial charge >= 0.3 is 0 Å². The zero-order valence-electron chi connectivity index (χ0n) is 10.8. The predicted octanol–water partition coefficient (Wildman–Crippen LogP) is 4.34. The van der Waals surface area contributed by atoms with Crippen LogP contribution in [0.3, 0.4) is 0 Å². The summed E-state index contributed by atoms with van der Waals surface area (Å²) in [6.07, 6.45) is 5.58. The molecule has 17 heavy (non-hydrogen) atoms. The molecule has 1 aromatic rings. The number of hydrogen-bond acceptors (Lipinski definition) is 2. The van der Waals surface area contributed by atoms with Crippen molar-refractivity contribution in [1.82, 2.24) is 4.98 Å². The number of unbranched alkanes of at least 4 members (excludes halogenated alkanes) is 2. The summed E-state index contributed by atoms with van der Waals surface area (Å²) in [6, 6.07) is 4.01. The van der Waals surface area contributed by atoms with E-state index in [1.807, 2.05) is 6.07 Å². The molecule has 0 N–H and O–H groups in total. The van der Waals surface area contributed by atoms with Crippen molar-refractivity contribution in [1.29, 1.82) is 0 Å². The van der Waals surface area contributed by atoms with Crippen LogP contribution in [0.15, 0.2) is 12.1 Å². The molecule has 0 fully saturated rings. The summed E-state index contributed by atoms with van der Waals surface area (Å²) in [7, 11) is 0. The van der Waals surface area contributed by atoms with E-state index in [2.05, 4.69) is 24.9 Å². The highest BCUT2D eigenvalue weighted by Crippen LogP contribution is 2.16. The second-order valence-corrected chi connectivity index (χ2v) is 4.51. The minimum Gasteiger partial charge on any atom is -0.478 e. The molecule has 96 valence electrons. The van der Waals surface area contributed by atoms with Crippen molar-refractivity contribution in [2.24, 2.45) is 0 Å². The van der Waals surface area contributed by atoms with E-state index in [0.29, 0.717) is 5.88 Å². The van der Waals surface area contributed by atoms with Gasteiger partial charge in [-0.15, -0.1) is 11.6 Å². The van der Waals surface area contributed by atoms with Crippen LogP contribution in [-0.4, -0.2) is 11.6 Å². The van der Waals surface area contributed by atoms with Crippen LogP contribution >= 0.6 is 11.6 Å². The lowest BCUT2D eigenvalue weighted by atomic mass is 10.2. The van der Waals surface area contributed by atoms with Gasteiger partial charge in [-0.3, -0.25) is 0 Å². The molecule has 0 unspecified atom stereocenters. The number of nitrogens with zero attached hydrogens (tertiary/aromatic N) is 1. The zero-order chi connectivity index (χ0) is 12.5. The average molecular weight is 256 g/mol. The summed E-state index contributed by atoms with van der Waals surface area (Å²) in [6.45, 7) is 5.08. The van der Waals surface area contributed by atoms with E-state index >= 15 is 0 Å². The molecule has 0 amide bonds. The first-order chi connectivity index (χ1) is 8.30. The topological polar surface area (TPSA) is 22.1 Å². The van der Waals surface area contributed by atoms with Gasteiger partial charge in [0.25, 0.3) is 0 Å². The second kappa shape index (κ2) is 8.35. The Bertz CT molecular complexity index is 328. The maximum atomic E-state index is 5.87. The molecule has 0 aliphatic rings. The van der Waals surface area contributed by atoms with Gasteiger partial charge in [-0.05, 0) is 24.5 Å². The van der Waals surface area contributed by atoms with Crippen LogP contribution in [-0.2, 0) is 12.3 Å². The molecular formula is C14H22ClNO. The first-order valence-electron chi connectivity index (χ1n) is 6.48. The van der Waals surface area contributed by atoms with Gasteiger partial charge in [0.1, 0.15) is 0 Å². The number of aromatic nitrogens is 1.